The average Bonchev–Trinajstić information content (AvgIpc) is 2.86. The van der Waals surface area contributed by atoms with E-state index in [1.165, 1.54) is 35.2 Å². The highest BCUT2D eigenvalue weighted by molar-refractivity contribution is 8.00. The lowest BCUT2D eigenvalue weighted by atomic mass is 10.2. The van der Waals surface area contributed by atoms with Crippen LogP contribution in [0.5, 0.6) is 0 Å². The maximum absolute atomic E-state index is 12.8. The molecule has 1 aromatic carbocycles. The predicted molar refractivity (Wildman–Crippen MR) is 79.4 cm³/mol. The Balaban J connectivity index is 1.86. The Morgan fingerprint density at radius 2 is 2.10 bits per heavy atom. The Labute approximate surface area is 124 Å². The summed E-state index contributed by atoms with van der Waals surface area (Å²) in [5.74, 6) is 0.409. The summed E-state index contributed by atoms with van der Waals surface area (Å²) < 4.78 is 13.5. The van der Waals surface area contributed by atoms with E-state index in [0.717, 1.165) is 16.3 Å². The molecule has 0 fully saturated rings. The summed E-state index contributed by atoms with van der Waals surface area (Å²) in [7, 11) is 0. The molecule has 1 heterocycles. The molecule has 0 radical (unpaired) electrons. The first-order valence-electron chi connectivity index (χ1n) is 6.18. The van der Waals surface area contributed by atoms with E-state index in [4.69, 9.17) is 0 Å². The van der Waals surface area contributed by atoms with Crippen molar-refractivity contribution in [3.8, 4) is 0 Å². The number of hydrogen-bond acceptors (Lipinski definition) is 5. The largest absolute Gasteiger partial charge is 0.301 e. The van der Waals surface area contributed by atoms with Crippen molar-refractivity contribution in [1.29, 1.82) is 0 Å². The molecule has 2 aromatic rings. The highest BCUT2D eigenvalue weighted by Crippen LogP contribution is 2.28. The molecule has 0 unspecified atom stereocenters. The van der Waals surface area contributed by atoms with Gasteiger partial charge in [-0.2, -0.15) is 0 Å². The minimum atomic E-state index is -0.240. The summed E-state index contributed by atoms with van der Waals surface area (Å²) in [5, 5.41) is 11.2. The number of benzene rings is 1. The van der Waals surface area contributed by atoms with Crippen molar-refractivity contribution in [3.05, 3.63) is 35.6 Å². The molecule has 7 heteroatoms. The Morgan fingerprint density at radius 3 is 2.80 bits per heavy atom. The highest BCUT2D eigenvalue weighted by atomic mass is 32.2. The fourth-order valence-corrected chi connectivity index (χ4v) is 3.18. The third-order valence-electron chi connectivity index (χ3n) is 2.41. The van der Waals surface area contributed by atoms with E-state index in [-0.39, 0.29) is 11.7 Å². The summed E-state index contributed by atoms with van der Waals surface area (Å²) in [6, 6.07) is 6.36. The number of halogens is 1. The van der Waals surface area contributed by atoms with Gasteiger partial charge in [0.15, 0.2) is 4.34 Å². The maximum Gasteiger partial charge on any atom is 0.226 e. The molecule has 106 valence electrons. The molecule has 1 N–H and O–H groups in total. The van der Waals surface area contributed by atoms with Crippen molar-refractivity contribution in [3.63, 3.8) is 0 Å². The molecule has 0 saturated carbocycles. The van der Waals surface area contributed by atoms with Crippen molar-refractivity contribution in [1.82, 2.24) is 10.2 Å². The van der Waals surface area contributed by atoms with Gasteiger partial charge in [-0.05, 0) is 24.1 Å². The van der Waals surface area contributed by atoms with Crippen molar-refractivity contribution >= 4 is 34.1 Å². The number of nitrogens with zero attached hydrogens (tertiary/aromatic N) is 2. The van der Waals surface area contributed by atoms with Crippen molar-refractivity contribution < 1.29 is 9.18 Å². The molecule has 20 heavy (non-hydrogen) atoms. The minimum Gasteiger partial charge on any atom is -0.301 e. The van der Waals surface area contributed by atoms with E-state index in [2.05, 4.69) is 15.5 Å². The SMILES string of the molecule is CCCC(=O)Nc1nnc(SCc2ccc(F)cc2)s1. The molecule has 0 aliphatic rings. The second-order valence-corrected chi connectivity index (χ2v) is 6.29. The van der Waals surface area contributed by atoms with Crippen LogP contribution in [0.15, 0.2) is 28.6 Å². The summed E-state index contributed by atoms with van der Waals surface area (Å²) in [4.78, 5) is 11.4. The van der Waals surface area contributed by atoms with Gasteiger partial charge in [0, 0.05) is 12.2 Å². The maximum atomic E-state index is 12.8. The van der Waals surface area contributed by atoms with Crippen LogP contribution in [0.3, 0.4) is 0 Å². The van der Waals surface area contributed by atoms with E-state index in [1.54, 1.807) is 12.1 Å². The van der Waals surface area contributed by atoms with Gasteiger partial charge in [-0.15, -0.1) is 10.2 Å². The highest BCUT2D eigenvalue weighted by Gasteiger charge is 2.08. The first-order valence-corrected chi connectivity index (χ1v) is 7.98. The smallest absolute Gasteiger partial charge is 0.226 e. The van der Waals surface area contributed by atoms with Gasteiger partial charge in [0.1, 0.15) is 5.82 Å². The van der Waals surface area contributed by atoms with E-state index < -0.39 is 0 Å². The number of hydrogen-bond donors (Lipinski definition) is 1. The molecule has 0 spiro atoms. The van der Waals surface area contributed by atoms with Crippen LogP contribution in [0.25, 0.3) is 0 Å². The van der Waals surface area contributed by atoms with Gasteiger partial charge >= 0.3 is 0 Å². The van der Waals surface area contributed by atoms with Gasteiger partial charge in [0.05, 0.1) is 0 Å². The van der Waals surface area contributed by atoms with Gasteiger partial charge in [-0.3, -0.25) is 4.79 Å². The first kappa shape index (κ1) is 14.9. The van der Waals surface area contributed by atoms with E-state index in [9.17, 15) is 9.18 Å². The molecular formula is C13H14FN3OS2. The van der Waals surface area contributed by atoms with Crippen LogP contribution in [0.1, 0.15) is 25.3 Å². The van der Waals surface area contributed by atoms with Crippen LogP contribution in [-0.4, -0.2) is 16.1 Å². The Kier molecular flexibility index (Phi) is 5.49. The van der Waals surface area contributed by atoms with E-state index in [0.29, 0.717) is 17.3 Å². The normalized spacial score (nSPS) is 10.5. The Bertz CT molecular complexity index is 571. The van der Waals surface area contributed by atoms with Crippen molar-refractivity contribution in [2.75, 3.05) is 5.32 Å². The lowest BCUT2D eigenvalue weighted by Gasteiger charge is -1.98. The quantitative estimate of drug-likeness (QED) is 0.653. The topological polar surface area (TPSA) is 54.9 Å². The molecule has 0 aliphatic carbocycles. The summed E-state index contributed by atoms with van der Waals surface area (Å²) in [6.45, 7) is 1.95. The van der Waals surface area contributed by atoms with Gasteiger partial charge in [0.25, 0.3) is 0 Å². The Hall–Kier alpha value is -1.47. The molecule has 1 aromatic heterocycles. The molecule has 0 aliphatic heterocycles. The molecular weight excluding hydrogens is 297 g/mol. The average molecular weight is 311 g/mol. The Morgan fingerprint density at radius 1 is 1.35 bits per heavy atom. The number of carbonyl (C=O) groups is 1. The number of carbonyl (C=O) groups excluding carboxylic acids is 1. The number of anilines is 1. The number of nitrogens with one attached hydrogen (secondary N) is 1. The molecule has 1 amide bonds. The zero-order chi connectivity index (χ0) is 14.4. The van der Waals surface area contributed by atoms with Gasteiger partial charge in [-0.1, -0.05) is 42.2 Å². The zero-order valence-corrected chi connectivity index (χ0v) is 12.6. The molecule has 0 saturated heterocycles. The van der Waals surface area contributed by atoms with Gasteiger partial charge in [0.2, 0.25) is 11.0 Å². The van der Waals surface area contributed by atoms with Crippen LogP contribution < -0.4 is 5.32 Å². The number of thioether (sulfide) groups is 1. The predicted octanol–water partition coefficient (Wildman–Crippen LogP) is 3.71. The van der Waals surface area contributed by atoms with E-state index in [1.807, 2.05) is 6.92 Å². The third kappa shape index (κ3) is 4.57. The number of amides is 1. The second-order valence-electron chi connectivity index (χ2n) is 4.09. The van der Waals surface area contributed by atoms with Crippen LogP contribution in [0.4, 0.5) is 9.52 Å². The van der Waals surface area contributed by atoms with Crippen LogP contribution >= 0.6 is 23.1 Å². The molecule has 0 bridgehead atoms. The second kappa shape index (κ2) is 7.35. The van der Waals surface area contributed by atoms with Crippen molar-refractivity contribution in [2.45, 2.75) is 29.9 Å². The van der Waals surface area contributed by atoms with Crippen molar-refractivity contribution in [2.24, 2.45) is 0 Å². The van der Waals surface area contributed by atoms with Crippen LogP contribution in [0, 0.1) is 5.82 Å². The summed E-state index contributed by atoms with van der Waals surface area (Å²) >= 11 is 2.86. The van der Waals surface area contributed by atoms with Crippen LogP contribution in [0.2, 0.25) is 0 Å². The summed E-state index contributed by atoms with van der Waals surface area (Å²) in [5.41, 5.74) is 1.02. The monoisotopic (exact) mass is 311 g/mol. The van der Waals surface area contributed by atoms with Crippen LogP contribution in [-0.2, 0) is 10.5 Å². The van der Waals surface area contributed by atoms with Gasteiger partial charge in [-0.25, -0.2) is 4.39 Å². The fraction of sp³-hybridized carbons (Fsp3) is 0.308. The fourth-order valence-electron chi connectivity index (χ4n) is 1.45. The lowest BCUT2D eigenvalue weighted by Crippen LogP contribution is -2.10. The standard InChI is InChI=1S/C13H14FN3OS2/c1-2-3-11(18)15-12-16-17-13(20-12)19-8-9-4-6-10(14)7-5-9/h4-7H,2-3,8H2,1H3,(H,15,16,18). The molecule has 2 rings (SSSR count). The zero-order valence-electron chi connectivity index (χ0n) is 10.9. The first-order chi connectivity index (χ1) is 9.67. The molecule has 0 atom stereocenters. The lowest BCUT2D eigenvalue weighted by molar-refractivity contribution is -0.116. The summed E-state index contributed by atoms with van der Waals surface area (Å²) in [6.07, 6.45) is 1.29. The van der Waals surface area contributed by atoms with E-state index >= 15 is 0 Å². The molecule has 4 nitrogen and oxygen atoms in total. The van der Waals surface area contributed by atoms with Gasteiger partial charge < -0.3 is 5.32 Å². The number of aromatic nitrogens is 2. The minimum absolute atomic E-state index is 0.0428. The third-order valence-corrected chi connectivity index (χ3v) is 4.45. The number of rotatable bonds is 6.